The predicted molar refractivity (Wildman–Crippen MR) is 211 cm³/mol. The lowest BCUT2D eigenvalue weighted by atomic mass is 10.1. The van der Waals surface area contributed by atoms with E-state index in [1.807, 2.05) is 42.5 Å². The van der Waals surface area contributed by atoms with Gasteiger partial charge in [0.05, 0.1) is 22.1 Å². The first kappa shape index (κ1) is 27.6. The molecular formula is C46H26N4O2. The average Bonchev–Trinajstić information content (AvgIpc) is 3.95. The molecule has 0 fully saturated rings. The van der Waals surface area contributed by atoms with Gasteiger partial charge >= 0.3 is 0 Å². The summed E-state index contributed by atoms with van der Waals surface area (Å²) in [5, 5.41) is 7.64. The van der Waals surface area contributed by atoms with Crippen LogP contribution < -0.4 is 0 Å². The van der Waals surface area contributed by atoms with E-state index < -0.39 is 0 Å². The Morgan fingerprint density at radius 1 is 0.423 bits per heavy atom. The van der Waals surface area contributed by atoms with Gasteiger partial charge in [-0.25, -0.2) is 9.97 Å². The van der Waals surface area contributed by atoms with Crippen LogP contribution in [0.4, 0.5) is 0 Å². The van der Waals surface area contributed by atoms with Crippen LogP contribution in [-0.4, -0.2) is 19.1 Å². The third-order valence-corrected chi connectivity index (χ3v) is 10.5. The Hall–Kier alpha value is -7.18. The summed E-state index contributed by atoms with van der Waals surface area (Å²) >= 11 is 0. The first-order chi connectivity index (χ1) is 25.8. The molecule has 6 heteroatoms. The van der Waals surface area contributed by atoms with Gasteiger partial charge in [0.15, 0.2) is 11.4 Å². The number of rotatable bonds is 3. The Morgan fingerprint density at radius 3 is 1.65 bits per heavy atom. The predicted octanol–water partition coefficient (Wildman–Crippen LogP) is 12.1. The fourth-order valence-corrected chi connectivity index (χ4v) is 8.33. The third kappa shape index (κ3) is 3.62. The van der Waals surface area contributed by atoms with Crippen molar-refractivity contribution in [2.24, 2.45) is 0 Å². The summed E-state index contributed by atoms with van der Waals surface area (Å²) in [5.74, 6) is 0.717. The van der Waals surface area contributed by atoms with E-state index in [2.05, 4.69) is 124 Å². The van der Waals surface area contributed by atoms with Crippen molar-refractivity contribution in [3.63, 3.8) is 0 Å². The molecule has 52 heavy (non-hydrogen) atoms. The lowest BCUT2D eigenvalue weighted by molar-refractivity contribution is 0.653. The summed E-state index contributed by atoms with van der Waals surface area (Å²) < 4.78 is 18.0. The highest BCUT2D eigenvalue weighted by Crippen LogP contribution is 2.46. The Labute approximate surface area is 295 Å². The van der Waals surface area contributed by atoms with Crippen LogP contribution in [0.1, 0.15) is 0 Å². The van der Waals surface area contributed by atoms with Crippen LogP contribution in [0.25, 0.3) is 111 Å². The summed E-state index contributed by atoms with van der Waals surface area (Å²) in [7, 11) is 0. The molecule has 0 atom stereocenters. The molecule has 5 aromatic heterocycles. The average molecular weight is 667 g/mol. The first-order valence-electron chi connectivity index (χ1n) is 17.4. The maximum absolute atomic E-state index is 6.95. The summed E-state index contributed by atoms with van der Waals surface area (Å²) in [5.41, 5.74) is 10.5. The monoisotopic (exact) mass is 666 g/mol. The van der Waals surface area contributed by atoms with Crippen molar-refractivity contribution < 1.29 is 8.83 Å². The fraction of sp³-hybridized carbons (Fsp3) is 0. The number of hydrogen-bond acceptors (Lipinski definition) is 4. The summed E-state index contributed by atoms with van der Waals surface area (Å²) in [6, 6.07) is 54.8. The number of hydrogen-bond donors (Lipinski definition) is 0. The van der Waals surface area contributed by atoms with Gasteiger partial charge in [-0.05, 0) is 42.5 Å². The topological polar surface area (TPSA) is 61.9 Å². The molecule has 12 rings (SSSR count). The second-order valence-electron chi connectivity index (χ2n) is 13.3. The van der Waals surface area contributed by atoms with Crippen molar-refractivity contribution in [2.45, 2.75) is 0 Å². The van der Waals surface area contributed by atoms with Gasteiger partial charge in [0.2, 0.25) is 5.71 Å². The van der Waals surface area contributed by atoms with Crippen LogP contribution in [0.3, 0.4) is 0 Å². The second-order valence-corrected chi connectivity index (χ2v) is 13.3. The quantitative estimate of drug-likeness (QED) is 0.188. The number of nitrogens with zero attached hydrogens (tertiary/aromatic N) is 4. The maximum Gasteiger partial charge on any atom is 0.247 e. The molecule has 12 aromatic rings. The van der Waals surface area contributed by atoms with Crippen LogP contribution in [0, 0.1) is 0 Å². The minimum atomic E-state index is 0.506. The zero-order chi connectivity index (χ0) is 33.9. The highest BCUT2D eigenvalue weighted by molar-refractivity contribution is 6.23. The highest BCUT2D eigenvalue weighted by Gasteiger charge is 2.28. The largest absolute Gasteiger partial charge is 0.454 e. The molecule has 0 amide bonds. The standard InChI is InChI=1S/C46H26N4O2/c1-2-14-27(15-3-1)40-45(47-41-32-20-8-13-25-39(32)52-46(41)48-40)50-37-23-11-6-18-30(37)33-26-34-31-19-7-12-24-38(31)51-44(34)43(42(33)50)49-35-21-9-4-16-28(35)29-17-5-10-22-36(29)49/h1-26H. The molecule has 0 N–H and O–H groups in total. The van der Waals surface area contributed by atoms with E-state index in [1.165, 1.54) is 10.8 Å². The van der Waals surface area contributed by atoms with Crippen LogP contribution in [0.2, 0.25) is 0 Å². The van der Waals surface area contributed by atoms with E-state index in [1.54, 1.807) is 0 Å². The van der Waals surface area contributed by atoms with Gasteiger partial charge in [-0.2, -0.15) is 0 Å². The molecule has 6 nitrogen and oxygen atoms in total. The van der Waals surface area contributed by atoms with Crippen LogP contribution in [-0.2, 0) is 0 Å². The molecule has 0 aliphatic carbocycles. The van der Waals surface area contributed by atoms with Crippen molar-refractivity contribution in [2.75, 3.05) is 0 Å². The van der Waals surface area contributed by atoms with Crippen molar-refractivity contribution in [1.82, 2.24) is 19.1 Å². The molecule has 0 radical (unpaired) electrons. The number of benzene rings is 7. The number of furan rings is 2. The minimum Gasteiger partial charge on any atom is -0.454 e. The molecule has 0 bridgehead atoms. The fourth-order valence-electron chi connectivity index (χ4n) is 8.33. The molecule has 242 valence electrons. The van der Waals surface area contributed by atoms with Gasteiger partial charge in [-0.1, -0.05) is 115 Å². The van der Waals surface area contributed by atoms with E-state index in [0.717, 1.165) is 88.2 Å². The molecular weight excluding hydrogens is 641 g/mol. The van der Waals surface area contributed by atoms with E-state index in [0.29, 0.717) is 11.5 Å². The number of fused-ring (bicyclic) bond motifs is 12. The van der Waals surface area contributed by atoms with Gasteiger partial charge in [-0.3, -0.25) is 4.57 Å². The van der Waals surface area contributed by atoms with Crippen LogP contribution >= 0.6 is 0 Å². The van der Waals surface area contributed by atoms with Crippen molar-refractivity contribution >= 4 is 87.7 Å². The Kier molecular flexibility index (Phi) is 5.41. The van der Waals surface area contributed by atoms with E-state index in [9.17, 15) is 0 Å². The lowest BCUT2D eigenvalue weighted by Gasteiger charge is -2.16. The Balaban J connectivity index is 1.36. The third-order valence-electron chi connectivity index (χ3n) is 10.5. The van der Waals surface area contributed by atoms with E-state index >= 15 is 0 Å². The van der Waals surface area contributed by atoms with Crippen molar-refractivity contribution in [3.8, 4) is 22.8 Å². The normalized spacial score (nSPS) is 12.2. The Morgan fingerprint density at radius 2 is 0.962 bits per heavy atom. The molecule has 0 aliphatic heterocycles. The molecule has 0 spiro atoms. The van der Waals surface area contributed by atoms with E-state index in [4.69, 9.17) is 18.8 Å². The van der Waals surface area contributed by atoms with Gasteiger partial charge < -0.3 is 13.4 Å². The molecule has 0 unspecified atom stereocenters. The zero-order valence-electron chi connectivity index (χ0n) is 27.6. The second kappa shape index (κ2) is 10.2. The number of para-hydroxylation sites is 5. The molecule has 5 heterocycles. The molecule has 0 aliphatic rings. The Bertz CT molecular complexity index is 3360. The summed E-state index contributed by atoms with van der Waals surface area (Å²) in [6.45, 7) is 0. The molecule has 7 aromatic carbocycles. The first-order valence-corrected chi connectivity index (χ1v) is 17.4. The van der Waals surface area contributed by atoms with Crippen LogP contribution in [0.5, 0.6) is 0 Å². The lowest BCUT2D eigenvalue weighted by Crippen LogP contribution is -2.06. The molecule has 0 saturated carbocycles. The highest BCUT2D eigenvalue weighted by atomic mass is 16.3. The van der Waals surface area contributed by atoms with Gasteiger partial charge in [0.25, 0.3) is 0 Å². The molecule has 0 saturated heterocycles. The van der Waals surface area contributed by atoms with Gasteiger partial charge in [-0.15, -0.1) is 0 Å². The smallest absolute Gasteiger partial charge is 0.247 e. The summed E-state index contributed by atoms with van der Waals surface area (Å²) in [6.07, 6.45) is 0. The maximum atomic E-state index is 6.95. The number of aromatic nitrogens is 4. The van der Waals surface area contributed by atoms with Crippen molar-refractivity contribution in [1.29, 1.82) is 0 Å². The SMILES string of the molecule is c1ccc(-c2nc3oc4ccccc4c3nc2-n2c3ccccc3c3cc4c(oc5ccccc54)c(-n4c5ccccc5c5ccccc54)c32)cc1. The van der Waals surface area contributed by atoms with E-state index in [-0.39, 0.29) is 0 Å². The van der Waals surface area contributed by atoms with Crippen molar-refractivity contribution in [3.05, 3.63) is 158 Å². The summed E-state index contributed by atoms with van der Waals surface area (Å²) in [4.78, 5) is 10.8. The van der Waals surface area contributed by atoms with Gasteiger partial charge in [0, 0.05) is 43.3 Å². The zero-order valence-corrected chi connectivity index (χ0v) is 27.6. The minimum absolute atomic E-state index is 0.506. The van der Waals surface area contributed by atoms with Gasteiger partial charge in [0.1, 0.15) is 28.1 Å². The van der Waals surface area contributed by atoms with Crippen LogP contribution in [0.15, 0.2) is 167 Å².